The van der Waals surface area contributed by atoms with E-state index in [1.54, 1.807) is 13.8 Å². The standard InChI is InChI=1S/C12H16FN3O2/c1-7(2)10(16-12(14)18)11(17)15-9-5-3-8(13)4-6-9/h3-7,10H,1-2H3,(H,15,17)(H3,14,16,18)/t10-/m1/s1. The Morgan fingerprint density at radius 3 is 2.22 bits per heavy atom. The Morgan fingerprint density at radius 1 is 1.22 bits per heavy atom. The number of primary amides is 1. The van der Waals surface area contributed by atoms with E-state index in [9.17, 15) is 14.0 Å². The monoisotopic (exact) mass is 253 g/mol. The van der Waals surface area contributed by atoms with E-state index < -0.39 is 18.0 Å². The van der Waals surface area contributed by atoms with Gasteiger partial charge in [-0.3, -0.25) is 4.79 Å². The molecule has 0 aliphatic carbocycles. The van der Waals surface area contributed by atoms with Gasteiger partial charge in [-0.25, -0.2) is 9.18 Å². The number of rotatable bonds is 4. The Hall–Kier alpha value is -2.11. The molecule has 0 radical (unpaired) electrons. The summed E-state index contributed by atoms with van der Waals surface area (Å²) in [5, 5.41) is 4.94. The molecule has 0 aliphatic rings. The smallest absolute Gasteiger partial charge is 0.312 e. The molecule has 1 aromatic rings. The SMILES string of the molecule is CC(C)[C@@H](NC(N)=O)C(=O)Nc1ccc(F)cc1. The molecule has 0 saturated carbocycles. The van der Waals surface area contributed by atoms with Gasteiger partial charge < -0.3 is 16.4 Å². The van der Waals surface area contributed by atoms with Crippen molar-refractivity contribution in [2.75, 3.05) is 5.32 Å². The van der Waals surface area contributed by atoms with Crippen LogP contribution < -0.4 is 16.4 Å². The molecule has 0 bridgehead atoms. The Kier molecular flexibility index (Phi) is 4.65. The predicted octanol–water partition coefficient (Wildman–Crippen LogP) is 1.46. The van der Waals surface area contributed by atoms with Crippen LogP contribution in [0, 0.1) is 11.7 Å². The average Bonchev–Trinajstić information content (AvgIpc) is 2.28. The van der Waals surface area contributed by atoms with Crippen LogP contribution in [-0.2, 0) is 4.79 Å². The van der Waals surface area contributed by atoms with Gasteiger partial charge in [0.1, 0.15) is 11.9 Å². The Bertz CT molecular complexity index is 431. The maximum absolute atomic E-state index is 12.7. The third-order valence-corrected chi connectivity index (χ3v) is 2.36. The molecule has 4 N–H and O–H groups in total. The molecule has 5 nitrogen and oxygen atoms in total. The van der Waals surface area contributed by atoms with E-state index in [1.807, 2.05) is 0 Å². The molecule has 1 atom stereocenters. The van der Waals surface area contributed by atoms with Gasteiger partial charge in [-0.1, -0.05) is 13.8 Å². The third kappa shape index (κ3) is 4.04. The normalized spacial score (nSPS) is 12.0. The lowest BCUT2D eigenvalue weighted by Crippen LogP contribution is -2.49. The number of nitrogens with one attached hydrogen (secondary N) is 2. The largest absolute Gasteiger partial charge is 0.352 e. The minimum absolute atomic E-state index is 0.113. The first-order chi connectivity index (χ1) is 8.40. The molecule has 18 heavy (non-hydrogen) atoms. The zero-order chi connectivity index (χ0) is 13.7. The number of benzene rings is 1. The lowest BCUT2D eigenvalue weighted by atomic mass is 10.0. The molecule has 0 heterocycles. The number of carbonyl (C=O) groups excluding carboxylic acids is 2. The minimum Gasteiger partial charge on any atom is -0.352 e. The Morgan fingerprint density at radius 2 is 1.78 bits per heavy atom. The average molecular weight is 253 g/mol. The number of carbonyl (C=O) groups is 2. The Labute approximate surface area is 105 Å². The quantitative estimate of drug-likeness (QED) is 0.759. The Balaban J connectivity index is 2.72. The van der Waals surface area contributed by atoms with Gasteiger partial charge in [0.15, 0.2) is 0 Å². The summed E-state index contributed by atoms with van der Waals surface area (Å²) in [5.41, 5.74) is 5.46. The van der Waals surface area contributed by atoms with Gasteiger partial charge in [-0.05, 0) is 30.2 Å². The van der Waals surface area contributed by atoms with E-state index in [-0.39, 0.29) is 11.7 Å². The van der Waals surface area contributed by atoms with Crippen LogP contribution in [0.5, 0.6) is 0 Å². The summed E-state index contributed by atoms with van der Waals surface area (Å²) < 4.78 is 12.7. The number of urea groups is 1. The van der Waals surface area contributed by atoms with Crippen molar-refractivity contribution in [1.29, 1.82) is 0 Å². The molecule has 0 saturated heterocycles. The van der Waals surface area contributed by atoms with Gasteiger partial charge in [-0.2, -0.15) is 0 Å². The summed E-state index contributed by atoms with van der Waals surface area (Å²) in [6, 6.07) is 3.86. The van der Waals surface area contributed by atoms with E-state index in [0.29, 0.717) is 5.69 Å². The minimum atomic E-state index is -0.761. The topological polar surface area (TPSA) is 84.2 Å². The van der Waals surface area contributed by atoms with Gasteiger partial charge in [0.2, 0.25) is 5.91 Å². The molecule has 1 rings (SSSR count). The molecular weight excluding hydrogens is 237 g/mol. The first-order valence-corrected chi connectivity index (χ1v) is 5.52. The highest BCUT2D eigenvalue weighted by molar-refractivity contribution is 5.97. The zero-order valence-corrected chi connectivity index (χ0v) is 10.2. The summed E-state index contributed by atoms with van der Waals surface area (Å²) >= 11 is 0. The molecule has 0 unspecified atom stereocenters. The molecule has 98 valence electrons. The van der Waals surface area contributed by atoms with Gasteiger partial charge in [0, 0.05) is 5.69 Å². The van der Waals surface area contributed by atoms with Crippen molar-refractivity contribution in [3.63, 3.8) is 0 Å². The van der Waals surface area contributed by atoms with Gasteiger partial charge >= 0.3 is 6.03 Å². The van der Waals surface area contributed by atoms with E-state index in [2.05, 4.69) is 10.6 Å². The van der Waals surface area contributed by atoms with Crippen LogP contribution in [0.4, 0.5) is 14.9 Å². The molecular formula is C12H16FN3O2. The highest BCUT2D eigenvalue weighted by Gasteiger charge is 2.23. The maximum Gasteiger partial charge on any atom is 0.312 e. The third-order valence-electron chi connectivity index (χ3n) is 2.36. The van der Waals surface area contributed by atoms with Crippen molar-refractivity contribution >= 4 is 17.6 Å². The highest BCUT2D eigenvalue weighted by atomic mass is 19.1. The number of hydrogen-bond donors (Lipinski definition) is 3. The molecule has 0 spiro atoms. The molecule has 1 aromatic carbocycles. The van der Waals surface area contributed by atoms with Crippen molar-refractivity contribution in [2.24, 2.45) is 11.7 Å². The van der Waals surface area contributed by atoms with Crippen molar-refractivity contribution in [1.82, 2.24) is 5.32 Å². The van der Waals surface area contributed by atoms with Crippen molar-refractivity contribution in [2.45, 2.75) is 19.9 Å². The fourth-order valence-electron chi connectivity index (χ4n) is 1.44. The van der Waals surface area contributed by atoms with E-state index >= 15 is 0 Å². The van der Waals surface area contributed by atoms with Gasteiger partial charge in [-0.15, -0.1) is 0 Å². The van der Waals surface area contributed by atoms with Crippen molar-refractivity contribution in [3.8, 4) is 0 Å². The van der Waals surface area contributed by atoms with Gasteiger partial charge in [0.05, 0.1) is 0 Å². The van der Waals surface area contributed by atoms with Crippen LogP contribution in [0.15, 0.2) is 24.3 Å². The molecule has 6 heteroatoms. The second kappa shape index (κ2) is 6.00. The number of halogens is 1. The van der Waals surface area contributed by atoms with Crippen molar-refractivity contribution < 1.29 is 14.0 Å². The van der Waals surface area contributed by atoms with Crippen LogP contribution in [0.2, 0.25) is 0 Å². The molecule has 3 amide bonds. The molecule has 0 aromatic heterocycles. The van der Waals surface area contributed by atoms with E-state index in [1.165, 1.54) is 24.3 Å². The number of hydrogen-bond acceptors (Lipinski definition) is 2. The summed E-state index contributed by atoms with van der Waals surface area (Å²) in [6.45, 7) is 3.57. The van der Waals surface area contributed by atoms with Crippen LogP contribution in [0.1, 0.15) is 13.8 Å². The summed E-state index contributed by atoms with van der Waals surface area (Å²) in [6.07, 6.45) is 0. The lowest BCUT2D eigenvalue weighted by molar-refractivity contribution is -0.118. The van der Waals surface area contributed by atoms with Crippen LogP contribution in [0.25, 0.3) is 0 Å². The van der Waals surface area contributed by atoms with Gasteiger partial charge in [0.25, 0.3) is 0 Å². The number of anilines is 1. The summed E-state index contributed by atoms with van der Waals surface area (Å²) in [7, 11) is 0. The fraction of sp³-hybridized carbons (Fsp3) is 0.333. The van der Waals surface area contributed by atoms with E-state index in [4.69, 9.17) is 5.73 Å². The van der Waals surface area contributed by atoms with Crippen molar-refractivity contribution in [3.05, 3.63) is 30.1 Å². The number of nitrogens with two attached hydrogens (primary N) is 1. The molecule has 0 fully saturated rings. The van der Waals surface area contributed by atoms with Crippen LogP contribution >= 0.6 is 0 Å². The van der Waals surface area contributed by atoms with Crippen LogP contribution in [-0.4, -0.2) is 18.0 Å². The number of amides is 3. The summed E-state index contributed by atoms with van der Waals surface area (Å²) in [5.74, 6) is -0.892. The lowest BCUT2D eigenvalue weighted by Gasteiger charge is -2.20. The first-order valence-electron chi connectivity index (χ1n) is 5.52. The predicted molar refractivity (Wildman–Crippen MR) is 66.4 cm³/mol. The first kappa shape index (κ1) is 14.0. The highest BCUT2D eigenvalue weighted by Crippen LogP contribution is 2.10. The second-order valence-corrected chi connectivity index (χ2v) is 4.23. The fourth-order valence-corrected chi connectivity index (χ4v) is 1.44. The van der Waals surface area contributed by atoms with E-state index in [0.717, 1.165) is 0 Å². The zero-order valence-electron chi connectivity index (χ0n) is 10.2. The summed E-state index contributed by atoms with van der Waals surface area (Å²) in [4.78, 5) is 22.7. The second-order valence-electron chi connectivity index (χ2n) is 4.23. The molecule has 0 aliphatic heterocycles. The maximum atomic E-state index is 12.7. The van der Waals surface area contributed by atoms with Crippen LogP contribution in [0.3, 0.4) is 0 Å².